The van der Waals surface area contributed by atoms with Crippen LogP contribution in [0.25, 0.3) is 22.3 Å². The summed E-state index contributed by atoms with van der Waals surface area (Å²) in [5.41, 5.74) is 2.06. The van der Waals surface area contributed by atoms with Crippen LogP contribution in [0.15, 0.2) is 59.4 Å². The molecule has 0 atom stereocenters. The van der Waals surface area contributed by atoms with Crippen molar-refractivity contribution < 1.29 is 4.79 Å². The molecule has 2 N–H and O–H groups in total. The van der Waals surface area contributed by atoms with Gasteiger partial charge in [0.05, 0.1) is 11.6 Å². The smallest absolute Gasteiger partial charge is 0.256 e. The molecule has 1 saturated carbocycles. The highest BCUT2D eigenvalue weighted by molar-refractivity contribution is 6.12. The number of hydrogen-bond donors (Lipinski definition) is 2. The van der Waals surface area contributed by atoms with Crippen molar-refractivity contribution in [3.63, 3.8) is 0 Å². The number of carbonyl (C=O) groups excluding carboxylic acids is 1. The Kier molecular flexibility index (Phi) is 3.75. The van der Waals surface area contributed by atoms with Crippen LogP contribution in [0.2, 0.25) is 0 Å². The molecule has 1 aliphatic carbocycles. The molecule has 138 valence electrons. The normalized spacial score (nSPS) is 13.6. The van der Waals surface area contributed by atoms with E-state index in [2.05, 4.69) is 25.8 Å². The Morgan fingerprint density at radius 2 is 1.96 bits per heavy atom. The minimum absolute atomic E-state index is 0.318. The van der Waals surface area contributed by atoms with E-state index in [1.54, 1.807) is 18.2 Å². The number of carbonyl (C=O) groups is 1. The minimum Gasteiger partial charge on any atom is -0.322 e. The average molecular weight is 372 g/mol. The number of aromatic amines is 1. The van der Waals surface area contributed by atoms with Crippen LogP contribution in [0.3, 0.4) is 0 Å². The Bertz CT molecular complexity index is 1250. The van der Waals surface area contributed by atoms with Crippen molar-refractivity contribution in [2.75, 3.05) is 5.32 Å². The SMILES string of the molecule is O=C(Nc1cccc(-c2nnnn2C2CC2)c1)c1cc(=O)[nH]c2ccccc12. The zero-order valence-corrected chi connectivity index (χ0v) is 14.8. The van der Waals surface area contributed by atoms with E-state index in [-0.39, 0.29) is 11.5 Å². The van der Waals surface area contributed by atoms with Gasteiger partial charge in [-0.15, -0.1) is 5.10 Å². The Morgan fingerprint density at radius 1 is 1.11 bits per heavy atom. The summed E-state index contributed by atoms with van der Waals surface area (Å²) in [6, 6.07) is 16.3. The summed E-state index contributed by atoms with van der Waals surface area (Å²) in [6.45, 7) is 0. The molecule has 0 saturated heterocycles. The van der Waals surface area contributed by atoms with Gasteiger partial charge in [-0.05, 0) is 41.5 Å². The Balaban J connectivity index is 1.48. The number of para-hydroxylation sites is 1. The molecular weight excluding hydrogens is 356 g/mol. The third-order valence-electron chi connectivity index (χ3n) is 4.76. The van der Waals surface area contributed by atoms with E-state index in [1.807, 2.05) is 35.0 Å². The Labute approximate surface area is 159 Å². The van der Waals surface area contributed by atoms with Gasteiger partial charge in [-0.2, -0.15) is 0 Å². The van der Waals surface area contributed by atoms with E-state index in [4.69, 9.17) is 0 Å². The summed E-state index contributed by atoms with van der Waals surface area (Å²) in [5.74, 6) is 0.335. The van der Waals surface area contributed by atoms with Crippen molar-refractivity contribution in [2.45, 2.75) is 18.9 Å². The first-order valence-electron chi connectivity index (χ1n) is 9.01. The zero-order valence-electron chi connectivity index (χ0n) is 14.8. The maximum absolute atomic E-state index is 12.9. The van der Waals surface area contributed by atoms with Crippen LogP contribution < -0.4 is 10.9 Å². The molecule has 1 aliphatic rings. The monoisotopic (exact) mass is 372 g/mol. The number of rotatable bonds is 4. The summed E-state index contributed by atoms with van der Waals surface area (Å²) < 4.78 is 1.82. The molecule has 4 aromatic rings. The molecule has 1 fully saturated rings. The van der Waals surface area contributed by atoms with Gasteiger partial charge in [0, 0.05) is 28.2 Å². The first kappa shape index (κ1) is 16.4. The van der Waals surface area contributed by atoms with Crippen molar-refractivity contribution in [1.82, 2.24) is 25.2 Å². The lowest BCUT2D eigenvalue weighted by atomic mass is 10.1. The summed E-state index contributed by atoms with van der Waals surface area (Å²) in [6.07, 6.45) is 2.15. The molecule has 2 heterocycles. The van der Waals surface area contributed by atoms with Crippen molar-refractivity contribution in [2.24, 2.45) is 0 Å². The topological polar surface area (TPSA) is 106 Å². The fraction of sp³-hybridized carbons (Fsp3) is 0.150. The molecule has 8 nitrogen and oxygen atoms in total. The molecule has 8 heteroatoms. The van der Waals surface area contributed by atoms with Gasteiger partial charge < -0.3 is 10.3 Å². The number of hydrogen-bond acceptors (Lipinski definition) is 5. The van der Waals surface area contributed by atoms with Gasteiger partial charge in [0.15, 0.2) is 5.82 Å². The summed E-state index contributed by atoms with van der Waals surface area (Å²) in [7, 11) is 0. The number of anilines is 1. The summed E-state index contributed by atoms with van der Waals surface area (Å²) >= 11 is 0. The second kappa shape index (κ2) is 6.41. The van der Waals surface area contributed by atoms with Gasteiger partial charge in [-0.25, -0.2) is 4.68 Å². The number of amides is 1. The van der Waals surface area contributed by atoms with Gasteiger partial charge in [0.2, 0.25) is 5.56 Å². The van der Waals surface area contributed by atoms with Crippen LogP contribution in [-0.4, -0.2) is 31.1 Å². The summed E-state index contributed by atoms with van der Waals surface area (Å²) in [5, 5.41) is 15.5. The van der Waals surface area contributed by atoms with E-state index in [0.717, 1.165) is 18.4 Å². The van der Waals surface area contributed by atoms with Gasteiger partial charge in [0.25, 0.3) is 5.91 Å². The Morgan fingerprint density at radius 3 is 2.82 bits per heavy atom. The van der Waals surface area contributed by atoms with Gasteiger partial charge in [-0.3, -0.25) is 9.59 Å². The molecule has 28 heavy (non-hydrogen) atoms. The second-order valence-electron chi connectivity index (χ2n) is 6.81. The molecule has 0 spiro atoms. The Hall–Kier alpha value is -3.81. The molecule has 0 radical (unpaired) electrons. The van der Waals surface area contributed by atoms with E-state index >= 15 is 0 Å². The molecular formula is C20H16N6O2. The fourth-order valence-electron chi connectivity index (χ4n) is 3.28. The predicted octanol–water partition coefficient (Wildman–Crippen LogP) is 2.77. The predicted molar refractivity (Wildman–Crippen MR) is 104 cm³/mol. The number of nitrogens with one attached hydrogen (secondary N) is 2. The van der Waals surface area contributed by atoms with Crippen LogP contribution in [-0.2, 0) is 0 Å². The maximum Gasteiger partial charge on any atom is 0.256 e. The largest absolute Gasteiger partial charge is 0.322 e. The number of fused-ring (bicyclic) bond motifs is 1. The standard InChI is InChI=1S/C20H16N6O2/c27-18-11-16(15-6-1-2-7-17(15)22-18)20(28)21-13-5-3-4-12(10-13)19-23-24-25-26(19)14-8-9-14/h1-7,10-11,14H,8-9H2,(H,21,28)(H,22,27). The van der Waals surface area contributed by atoms with Crippen molar-refractivity contribution in [3.05, 3.63) is 70.5 Å². The number of aromatic nitrogens is 5. The van der Waals surface area contributed by atoms with E-state index in [1.165, 1.54) is 6.07 Å². The molecule has 1 amide bonds. The summed E-state index contributed by atoms with van der Waals surface area (Å²) in [4.78, 5) is 27.5. The van der Waals surface area contributed by atoms with E-state index < -0.39 is 0 Å². The maximum atomic E-state index is 12.9. The molecule has 5 rings (SSSR count). The van der Waals surface area contributed by atoms with E-state index in [0.29, 0.717) is 34.0 Å². The van der Waals surface area contributed by atoms with Crippen molar-refractivity contribution in [1.29, 1.82) is 0 Å². The van der Waals surface area contributed by atoms with Gasteiger partial charge in [-0.1, -0.05) is 30.3 Å². The third kappa shape index (κ3) is 2.94. The number of tetrazole rings is 1. The van der Waals surface area contributed by atoms with Gasteiger partial charge in [0.1, 0.15) is 0 Å². The fourth-order valence-corrected chi connectivity index (χ4v) is 3.28. The highest BCUT2D eigenvalue weighted by atomic mass is 16.2. The van der Waals surface area contributed by atoms with E-state index in [9.17, 15) is 9.59 Å². The number of pyridine rings is 1. The average Bonchev–Trinajstić information content (AvgIpc) is 3.43. The highest BCUT2D eigenvalue weighted by Crippen LogP contribution is 2.36. The lowest BCUT2D eigenvalue weighted by Crippen LogP contribution is -2.16. The number of H-pyrrole nitrogens is 1. The van der Waals surface area contributed by atoms with Crippen LogP contribution in [0, 0.1) is 0 Å². The quantitative estimate of drug-likeness (QED) is 0.573. The van der Waals surface area contributed by atoms with Crippen LogP contribution >= 0.6 is 0 Å². The molecule has 2 aromatic carbocycles. The highest BCUT2D eigenvalue weighted by Gasteiger charge is 2.28. The molecule has 2 aromatic heterocycles. The van der Waals surface area contributed by atoms with Crippen LogP contribution in [0.1, 0.15) is 29.2 Å². The number of benzene rings is 2. The zero-order chi connectivity index (χ0) is 19.1. The second-order valence-corrected chi connectivity index (χ2v) is 6.81. The minimum atomic E-state index is -0.346. The molecule has 0 unspecified atom stereocenters. The van der Waals surface area contributed by atoms with Crippen molar-refractivity contribution in [3.8, 4) is 11.4 Å². The molecule has 0 bridgehead atoms. The lowest BCUT2D eigenvalue weighted by Gasteiger charge is -2.09. The van der Waals surface area contributed by atoms with Crippen LogP contribution in [0.5, 0.6) is 0 Å². The first-order valence-corrected chi connectivity index (χ1v) is 9.01. The first-order chi connectivity index (χ1) is 13.7. The van der Waals surface area contributed by atoms with Crippen molar-refractivity contribution >= 4 is 22.5 Å². The van der Waals surface area contributed by atoms with Gasteiger partial charge >= 0.3 is 0 Å². The number of nitrogens with zero attached hydrogens (tertiary/aromatic N) is 4. The van der Waals surface area contributed by atoms with Crippen LogP contribution in [0.4, 0.5) is 5.69 Å². The lowest BCUT2D eigenvalue weighted by molar-refractivity contribution is 0.102. The third-order valence-corrected chi connectivity index (χ3v) is 4.76. The molecule has 0 aliphatic heterocycles.